The first-order valence-corrected chi connectivity index (χ1v) is 10.6. The highest BCUT2D eigenvalue weighted by atomic mass is 19.1. The van der Waals surface area contributed by atoms with E-state index in [-0.39, 0.29) is 45.1 Å². The lowest BCUT2D eigenvalue weighted by molar-refractivity contribution is -0.162. The standard InChI is InChI=1S/C24H24FNO5/c25-24(21(27)28)15-26(14-23(24)9-11-30-12-10-23)22(29)31-13-20-18-7-3-1-5-16(18)17-6-2-4-8-19(17)20/h1-8,20H,9-15H2,(H,27,28). The summed E-state index contributed by atoms with van der Waals surface area (Å²) in [5.41, 5.74) is 0.782. The number of rotatable bonds is 3. The number of halogens is 1. The van der Waals surface area contributed by atoms with Crippen molar-refractivity contribution in [3.8, 4) is 11.1 Å². The van der Waals surface area contributed by atoms with Gasteiger partial charge in [-0.3, -0.25) is 0 Å². The molecule has 2 heterocycles. The van der Waals surface area contributed by atoms with Crippen molar-refractivity contribution in [1.29, 1.82) is 0 Å². The molecule has 0 bridgehead atoms. The number of hydrogen-bond donors (Lipinski definition) is 1. The van der Waals surface area contributed by atoms with Crippen LogP contribution in [0.4, 0.5) is 9.18 Å². The number of hydrogen-bond acceptors (Lipinski definition) is 4. The minimum atomic E-state index is -2.50. The molecule has 0 aromatic heterocycles. The van der Waals surface area contributed by atoms with Crippen molar-refractivity contribution in [3.63, 3.8) is 0 Å². The number of ether oxygens (including phenoxy) is 2. The van der Waals surface area contributed by atoms with Crippen molar-refractivity contribution in [2.45, 2.75) is 24.4 Å². The summed E-state index contributed by atoms with van der Waals surface area (Å²) in [5, 5.41) is 9.62. The molecule has 1 atom stereocenters. The van der Waals surface area contributed by atoms with Gasteiger partial charge in [0, 0.05) is 31.1 Å². The van der Waals surface area contributed by atoms with Gasteiger partial charge in [-0.15, -0.1) is 0 Å². The topological polar surface area (TPSA) is 76.1 Å². The Hall–Kier alpha value is -2.93. The minimum absolute atomic E-state index is 0.0236. The van der Waals surface area contributed by atoms with Crippen molar-refractivity contribution < 1.29 is 28.6 Å². The molecule has 3 aliphatic rings. The number of likely N-dealkylation sites (tertiary alicyclic amines) is 1. The molecule has 0 radical (unpaired) electrons. The Balaban J connectivity index is 1.34. The molecule has 162 valence electrons. The second-order valence-electron chi connectivity index (χ2n) is 8.66. The van der Waals surface area contributed by atoms with E-state index in [1.54, 1.807) is 0 Å². The van der Waals surface area contributed by atoms with E-state index in [1.165, 1.54) is 4.90 Å². The molecule has 6 nitrogen and oxygen atoms in total. The summed E-state index contributed by atoms with van der Waals surface area (Å²) in [6, 6.07) is 16.0. The normalized spacial score (nSPS) is 24.1. The van der Waals surface area contributed by atoms with Crippen LogP contribution in [0.2, 0.25) is 0 Å². The van der Waals surface area contributed by atoms with Crippen LogP contribution in [-0.2, 0) is 14.3 Å². The van der Waals surface area contributed by atoms with E-state index in [2.05, 4.69) is 12.1 Å². The molecule has 1 amide bonds. The second kappa shape index (κ2) is 7.34. The summed E-state index contributed by atoms with van der Waals surface area (Å²) in [6.45, 7) is 0.218. The fraction of sp³-hybridized carbons (Fsp3) is 0.417. The van der Waals surface area contributed by atoms with E-state index in [0.29, 0.717) is 0 Å². The van der Waals surface area contributed by atoms with Crippen LogP contribution in [0.15, 0.2) is 48.5 Å². The van der Waals surface area contributed by atoms with Crippen LogP contribution < -0.4 is 0 Å². The van der Waals surface area contributed by atoms with Gasteiger partial charge in [0.2, 0.25) is 5.67 Å². The summed E-state index contributed by atoms with van der Waals surface area (Å²) < 4.78 is 26.6. The molecule has 2 aliphatic heterocycles. The third-order valence-electron chi connectivity index (χ3n) is 7.13. The maximum absolute atomic E-state index is 15.6. The quantitative estimate of drug-likeness (QED) is 0.809. The highest BCUT2D eigenvalue weighted by Gasteiger charge is 2.65. The summed E-state index contributed by atoms with van der Waals surface area (Å²) in [5.74, 6) is -1.63. The monoisotopic (exact) mass is 425 g/mol. The Morgan fingerprint density at radius 3 is 2.19 bits per heavy atom. The molecule has 1 spiro atoms. The summed E-state index contributed by atoms with van der Waals surface area (Å²) in [4.78, 5) is 25.9. The van der Waals surface area contributed by atoms with Gasteiger partial charge in [0.15, 0.2) is 0 Å². The lowest BCUT2D eigenvalue weighted by Gasteiger charge is -2.39. The largest absolute Gasteiger partial charge is 0.479 e. The number of carboxylic acids is 1. The molecular formula is C24H24FNO5. The molecule has 1 unspecified atom stereocenters. The van der Waals surface area contributed by atoms with Crippen LogP contribution in [-0.4, -0.2) is 60.6 Å². The van der Waals surface area contributed by atoms with Gasteiger partial charge in [0.05, 0.1) is 6.54 Å². The highest BCUT2D eigenvalue weighted by molar-refractivity contribution is 5.82. The molecule has 2 fully saturated rings. The zero-order valence-electron chi connectivity index (χ0n) is 17.1. The molecule has 7 heteroatoms. The van der Waals surface area contributed by atoms with Crippen LogP contribution in [0.1, 0.15) is 29.9 Å². The van der Waals surface area contributed by atoms with Crippen molar-refractivity contribution in [1.82, 2.24) is 4.90 Å². The van der Waals surface area contributed by atoms with Gasteiger partial charge in [-0.25, -0.2) is 14.0 Å². The first-order chi connectivity index (χ1) is 15.0. The highest BCUT2D eigenvalue weighted by Crippen LogP contribution is 2.50. The zero-order valence-corrected chi connectivity index (χ0v) is 17.1. The van der Waals surface area contributed by atoms with E-state index in [0.717, 1.165) is 22.3 Å². The first-order valence-electron chi connectivity index (χ1n) is 10.6. The van der Waals surface area contributed by atoms with Crippen molar-refractivity contribution in [2.24, 2.45) is 5.41 Å². The summed E-state index contributed by atoms with van der Waals surface area (Å²) in [7, 11) is 0. The number of alkyl halides is 1. The van der Waals surface area contributed by atoms with Gasteiger partial charge in [-0.2, -0.15) is 0 Å². The SMILES string of the molecule is O=C(OCC1c2ccccc2-c2ccccc21)N1CC2(CCOCC2)C(F)(C(=O)O)C1. The van der Waals surface area contributed by atoms with E-state index in [9.17, 15) is 14.7 Å². The number of aliphatic carboxylic acids is 1. The van der Waals surface area contributed by atoms with Gasteiger partial charge in [-0.05, 0) is 35.1 Å². The molecule has 1 N–H and O–H groups in total. The zero-order chi connectivity index (χ0) is 21.6. The fourth-order valence-electron chi connectivity index (χ4n) is 5.40. The third kappa shape index (κ3) is 3.02. The van der Waals surface area contributed by atoms with Crippen molar-refractivity contribution in [2.75, 3.05) is 32.9 Å². The molecule has 1 aliphatic carbocycles. The second-order valence-corrected chi connectivity index (χ2v) is 8.66. The third-order valence-corrected chi connectivity index (χ3v) is 7.13. The lowest BCUT2D eigenvalue weighted by atomic mass is 9.70. The molecule has 5 rings (SSSR count). The van der Waals surface area contributed by atoms with E-state index >= 15 is 4.39 Å². The van der Waals surface area contributed by atoms with Crippen LogP contribution in [0, 0.1) is 5.41 Å². The van der Waals surface area contributed by atoms with Crippen LogP contribution >= 0.6 is 0 Å². The van der Waals surface area contributed by atoms with Gasteiger partial charge in [0.1, 0.15) is 6.61 Å². The molecule has 2 aromatic rings. The van der Waals surface area contributed by atoms with E-state index in [1.807, 2.05) is 36.4 Å². The van der Waals surface area contributed by atoms with Gasteiger partial charge in [0.25, 0.3) is 0 Å². The number of carboxylic acid groups (broad SMARTS) is 1. The maximum atomic E-state index is 15.6. The fourth-order valence-corrected chi connectivity index (χ4v) is 5.40. The van der Waals surface area contributed by atoms with Crippen LogP contribution in [0.3, 0.4) is 0 Å². The Morgan fingerprint density at radius 1 is 1.03 bits per heavy atom. The minimum Gasteiger partial charge on any atom is -0.479 e. The number of carbonyl (C=O) groups is 2. The Morgan fingerprint density at radius 2 is 1.61 bits per heavy atom. The lowest BCUT2D eigenvalue weighted by Crippen LogP contribution is -2.52. The van der Waals surface area contributed by atoms with Gasteiger partial charge < -0.3 is 19.5 Å². The number of amides is 1. The molecule has 2 aromatic carbocycles. The van der Waals surface area contributed by atoms with Crippen molar-refractivity contribution in [3.05, 3.63) is 59.7 Å². The van der Waals surface area contributed by atoms with Gasteiger partial charge in [-0.1, -0.05) is 48.5 Å². The number of benzene rings is 2. The molecule has 0 saturated carbocycles. The Bertz CT molecular complexity index is 989. The molecule has 2 saturated heterocycles. The Kier molecular flexibility index (Phi) is 4.73. The van der Waals surface area contributed by atoms with Crippen LogP contribution in [0.5, 0.6) is 0 Å². The summed E-state index contributed by atoms with van der Waals surface area (Å²) in [6.07, 6.45) is -0.139. The molecular weight excluding hydrogens is 401 g/mol. The average molecular weight is 425 g/mol. The van der Waals surface area contributed by atoms with E-state index < -0.39 is 29.7 Å². The predicted octanol–water partition coefficient (Wildman–Crippen LogP) is 3.84. The Labute approximate surface area is 179 Å². The average Bonchev–Trinajstić information content (AvgIpc) is 3.26. The first kappa shape index (κ1) is 20.0. The van der Waals surface area contributed by atoms with Crippen LogP contribution in [0.25, 0.3) is 11.1 Å². The van der Waals surface area contributed by atoms with Gasteiger partial charge >= 0.3 is 12.1 Å². The van der Waals surface area contributed by atoms with E-state index in [4.69, 9.17) is 9.47 Å². The number of fused-ring (bicyclic) bond motifs is 3. The predicted molar refractivity (Wildman–Crippen MR) is 111 cm³/mol. The number of nitrogens with zero attached hydrogens (tertiary/aromatic N) is 1. The molecule has 31 heavy (non-hydrogen) atoms. The summed E-state index contributed by atoms with van der Waals surface area (Å²) >= 11 is 0. The number of carbonyl (C=O) groups excluding carboxylic acids is 1. The van der Waals surface area contributed by atoms with Crippen molar-refractivity contribution >= 4 is 12.1 Å². The maximum Gasteiger partial charge on any atom is 0.409 e. The smallest absolute Gasteiger partial charge is 0.409 e.